The lowest BCUT2D eigenvalue weighted by Gasteiger charge is -2.35. The molecule has 94 valence electrons. The lowest BCUT2D eigenvalue weighted by Crippen LogP contribution is -2.45. The van der Waals surface area contributed by atoms with Gasteiger partial charge in [-0.15, -0.1) is 0 Å². The second kappa shape index (κ2) is 6.10. The zero-order valence-electron chi connectivity index (χ0n) is 9.90. The van der Waals surface area contributed by atoms with Crippen molar-refractivity contribution in [2.45, 2.75) is 12.5 Å². The summed E-state index contributed by atoms with van der Waals surface area (Å²) in [5, 5.41) is 12.4. The minimum Gasteiger partial charge on any atom is -0.396 e. The SMILES string of the molecule is OCC[C@H](c1ccccc1F)N1CCNCC1. The third-order valence-corrected chi connectivity index (χ3v) is 3.26. The van der Waals surface area contributed by atoms with E-state index in [0.29, 0.717) is 12.0 Å². The number of piperazine rings is 1. The van der Waals surface area contributed by atoms with Gasteiger partial charge in [-0.2, -0.15) is 0 Å². The molecule has 1 heterocycles. The maximum Gasteiger partial charge on any atom is 0.127 e. The first-order valence-corrected chi connectivity index (χ1v) is 6.13. The van der Waals surface area contributed by atoms with E-state index in [-0.39, 0.29) is 18.5 Å². The van der Waals surface area contributed by atoms with Crippen molar-refractivity contribution in [1.82, 2.24) is 10.2 Å². The van der Waals surface area contributed by atoms with Gasteiger partial charge in [0.15, 0.2) is 0 Å². The highest BCUT2D eigenvalue weighted by molar-refractivity contribution is 5.21. The monoisotopic (exact) mass is 238 g/mol. The number of aliphatic hydroxyl groups excluding tert-OH is 1. The first kappa shape index (κ1) is 12.5. The molecule has 0 unspecified atom stereocenters. The van der Waals surface area contributed by atoms with Gasteiger partial charge >= 0.3 is 0 Å². The minimum atomic E-state index is -0.176. The molecule has 1 aliphatic heterocycles. The molecule has 1 aromatic carbocycles. The molecule has 1 aliphatic rings. The van der Waals surface area contributed by atoms with Crippen molar-refractivity contribution in [3.63, 3.8) is 0 Å². The van der Waals surface area contributed by atoms with Gasteiger partial charge in [-0.05, 0) is 12.5 Å². The van der Waals surface area contributed by atoms with Crippen molar-refractivity contribution in [3.8, 4) is 0 Å². The first-order chi connectivity index (χ1) is 8.33. The lowest BCUT2D eigenvalue weighted by atomic mass is 10.0. The third kappa shape index (κ3) is 3.03. The Morgan fingerprint density at radius 2 is 2.00 bits per heavy atom. The number of rotatable bonds is 4. The molecule has 0 amide bonds. The Kier molecular flexibility index (Phi) is 4.48. The van der Waals surface area contributed by atoms with Gasteiger partial charge in [-0.1, -0.05) is 18.2 Å². The Hall–Kier alpha value is -0.970. The topological polar surface area (TPSA) is 35.5 Å². The number of nitrogens with zero attached hydrogens (tertiary/aromatic N) is 1. The highest BCUT2D eigenvalue weighted by Crippen LogP contribution is 2.26. The summed E-state index contributed by atoms with van der Waals surface area (Å²) in [4.78, 5) is 2.24. The zero-order chi connectivity index (χ0) is 12.1. The highest BCUT2D eigenvalue weighted by atomic mass is 19.1. The van der Waals surface area contributed by atoms with Gasteiger partial charge in [-0.25, -0.2) is 4.39 Å². The summed E-state index contributed by atoms with van der Waals surface area (Å²) >= 11 is 0. The van der Waals surface area contributed by atoms with Crippen LogP contribution >= 0.6 is 0 Å². The van der Waals surface area contributed by atoms with E-state index in [0.717, 1.165) is 26.2 Å². The second-order valence-corrected chi connectivity index (χ2v) is 4.34. The molecule has 1 aromatic rings. The molecule has 0 aliphatic carbocycles. The molecule has 0 bridgehead atoms. The van der Waals surface area contributed by atoms with Gasteiger partial charge in [0.05, 0.1) is 0 Å². The van der Waals surface area contributed by atoms with Crippen molar-refractivity contribution >= 4 is 0 Å². The van der Waals surface area contributed by atoms with E-state index >= 15 is 0 Å². The largest absolute Gasteiger partial charge is 0.396 e. The standard InChI is InChI=1S/C13H19FN2O/c14-12-4-2-1-3-11(12)13(5-10-17)16-8-6-15-7-9-16/h1-4,13,15,17H,5-10H2/t13-/m1/s1. The van der Waals surface area contributed by atoms with Gasteiger partial charge in [-0.3, -0.25) is 4.90 Å². The zero-order valence-corrected chi connectivity index (χ0v) is 9.90. The fourth-order valence-electron chi connectivity index (χ4n) is 2.40. The Bertz CT molecular complexity index is 353. The second-order valence-electron chi connectivity index (χ2n) is 4.34. The average Bonchev–Trinajstić information content (AvgIpc) is 2.38. The summed E-state index contributed by atoms with van der Waals surface area (Å²) in [7, 11) is 0. The Morgan fingerprint density at radius 3 is 2.65 bits per heavy atom. The predicted molar refractivity (Wildman–Crippen MR) is 65.3 cm³/mol. The van der Waals surface area contributed by atoms with Crippen LogP contribution in [0.4, 0.5) is 4.39 Å². The fourth-order valence-corrected chi connectivity index (χ4v) is 2.40. The number of hydrogen-bond donors (Lipinski definition) is 2. The summed E-state index contributed by atoms with van der Waals surface area (Å²) in [6.45, 7) is 3.74. The molecule has 3 nitrogen and oxygen atoms in total. The summed E-state index contributed by atoms with van der Waals surface area (Å²) in [5.74, 6) is -0.176. The van der Waals surface area contributed by atoms with Crippen LogP contribution in [0.3, 0.4) is 0 Å². The molecular weight excluding hydrogens is 219 g/mol. The molecule has 2 N–H and O–H groups in total. The molecule has 2 rings (SSSR count). The maximum absolute atomic E-state index is 13.8. The Labute approximate surface area is 101 Å². The fraction of sp³-hybridized carbons (Fsp3) is 0.538. The van der Waals surface area contributed by atoms with Crippen molar-refractivity contribution in [2.75, 3.05) is 32.8 Å². The van der Waals surface area contributed by atoms with Gasteiger partial charge < -0.3 is 10.4 Å². The molecule has 0 spiro atoms. The van der Waals surface area contributed by atoms with Crippen molar-refractivity contribution in [1.29, 1.82) is 0 Å². The van der Waals surface area contributed by atoms with E-state index in [1.807, 2.05) is 12.1 Å². The van der Waals surface area contributed by atoms with Gasteiger partial charge in [0.25, 0.3) is 0 Å². The molecule has 0 radical (unpaired) electrons. The van der Waals surface area contributed by atoms with Crippen LogP contribution in [0.2, 0.25) is 0 Å². The van der Waals surface area contributed by atoms with Crippen LogP contribution in [0.5, 0.6) is 0 Å². The van der Waals surface area contributed by atoms with Crippen molar-refractivity contribution in [2.24, 2.45) is 0 Å². The first-order valence-electron chi connectivity index (χ1n) is 6.13. The Morgan fingerprint density at radius 1 is 1.29 bits per heavy atom. The number of nitrogens with one attached hydrogen (secondary N) is 1. The van der Waals surface area contributed by atoms with E-state index < -0.39 is 0 Å². The summed E-state index contributed by atoms with van der Waals surface area (Å²) in [6.07, 6.45) is 0.584. The smallest absolute Gasteiger partial charge is 0.127 e. The van der Waals surface area contributed by atoms with Crippen LogP contribution in [0.15, 0.2) is 24.3 Å². The molecule has 1 atom stereocenters. The van der Waals surface area contributed by atoms with E-state index in [4.69, 9.17) is 5.11 Å². The van der Waals surface area contributed by atoms with Crippen molar-refractivity contribution in [3.05, 3.63) is 35.6 Å². The molecule has 0 aromatic heterocycles. The van der Waals surface area contributed by atoms with Crippen LogP contribution in [-0.4, -0.2) is 42.8 Å². The predicted octanol–water partition coefficient (Wildman–Crippen LogP) is 1.15. The average molecular weight is 238 g/mol. The van der Waals surface area contributed by atoms with E-state index in [1.165, 1.54) is 6.07 Å². The lowest BCUT2D eigenvalue weighted by molar-refractivity contribution is 0.138. The molecule has 1 saturated heterocycles. The molecule has 17 heavy (non-hydrogen) atoms. The summed E-state index contributed by atoms with van der Waals surface area (Å²) in [6, 6.07) is 6.85. The quantitative estimate of drug-likeness (QED) is 0.826. The summed E-state index contributed by atoms with van der Waals surface area (Å²) < 4.78 is 13.8. The number of aliphatic hydroxyl groups is 1. The molecule has 1 fully saturated rings. The van der Waals surface area contributed by atoms with Gasteiger partial charge in [0.1, 0.15) is 5.82 Å². The van der Waals surface area contributed by atoms with Crippen molar-refractivity contribution < 1.29 is 9.50 Å². The van der Waals surface area contributed by atoms with E-state index in [2.05, 4.69) is 10.2 Å². The van der Waals surface area contributed by atoms with E-state index in [1.54, 1.807) is 6.07 Å². The molecular formula is C13H19FN2O. The third-order valence-electron chi connectivity index (χ3n) is 3.26. The normalized spacial score (nSPS) is 19.2. The van der Waals surface area contributed by atoms with Crippen LogP contribution in [-0.2, 0) is 0 Å². The molecule has 0 saturated carbocycles. The Balaban J connectivity index is 2.18. The molecule has 4 heteroatoms. The highest BCUT2D eigenvalue weighted by Gasteiger charge is 2.23. The maximum atomic E-state index is 13.8. The number of benzene rings is 1. The van der Waals surface area contributed by atoms with Crippen LogP contribution in [0.25, 0.3) is 0 Å². The van der Waals surface area contributed by atoms with Crippen LogP contribution in [0, 0.1) is 5.82 Å². The number of hydrogen-bond acceptors (Lipinski definition) is 3. The van der Waals surface area contributed by atoms with E-state index in [9.17, 15) is 4.39 Å². The van der Waals surface area contributed by atoms with Crippen LogP contribution < -0.4 is 5.32 Å². The van der Waals surface area contributed by atoms with Gasteiger partial charge in [0.2, 0.25) is 0 Å². The van der Waals surface area contributed by atoms with Gasteiger partial charge in [0, 0.05) is 44.4 Å². The summed E-state index contributed by atoms with van der Waals surface area (Å²) in [5.41, 5.74) is 0.698. The number of halogens is 1. The van der Waals surface area contributed by atoms with Crippen LogP contribution in [0.1, 0.15) is 18.0 Å². The minimum absolute atomic E-state index is 0.0108.